The van der Waals surface area contributed by atoms with Crippen LogP contribution in [0.25, 0.3) is 0 Å². The van der Waals surface area contributed by atoms with Crippen LogP contribution in [0.2, 0.25) is 0 Å². The molecule has 1 heterocycles. The molecule has 0 spiro atoms. The highest BCUT2D eigenvalue weighted by molar-refractivity contribution is 5.90. The van der Waals surface area contributed by atoms with Crippen LogP contribution < -0.4 is 4.90 Å². The molecule has 5 heteroatoms. The Labute approximate surface area is 98.6 Å². The number of cyclic esters (lactones) is 1. The summed E-state index contributed by atoms with van der Waals surface area (Å²) in [5.74, 6) is -1.10. The van der Waals surface area contributed by atoms with Gasteiger partial charge in [0.1, 0.15) is 0 Å². The van der Waals surface area contributed by atoms with Crippen LogP contribution in [-0.2, 0) is 9.53 Å². The fourth-order valence-electron chi connectivity index (χ4n) is 1.79. The number of ether oxygens (including phenoxy) is 1. The van der Waals surface area contributed by atoms with Gasteiger partial charge in [0, 0.05) is 18.7 Å². The summed E-state index contributed by atoms with van der Waals surface area (Å²) >= 11 is 0. The number of carbonyl (C=O) groups is 2. The fourth-order valence-corrected chi connectivity index (χ4v) is 1.79. The number of hydrogen-bond donors (Lipinski definition) is 1. The van der Waals surface area contributed by atoms with Gasteiger partial charge in [-0.2, -0.15) is 0 Å². The van der Waals surface area contributed by atoms with Gasteiger partial charge >= 0.3 is 12.1 Å². The summed E-state index contributed by atoms with van der Waals surface area (Å²) < 4.78 is 4.84. The highest BCUT2D eigenvalue weighted by Crippen LogP contribution is 2.21. The molecule has 1 aromatic carbocycles. The van der Waals surface area contributed by atoms with Crippen LogP contribution in [0.4, 0.5) is 10.5 Å². The van der Waals surface area contributed by atoms with E-state index in [0.717, 1.165) is 11.3 Å². The molecule has 1 fully saturated rings. The molecule has 17 heavy (non-hydrogen) atoms. The van der Waals surface area contributed by atoms with E-state index in [1.807, 2.05) is 25.1 Å². The fraction of sp³-hybridized carbons (Fsp3) is 0.333. The Bertz CT molecular complexity index is 458. The first-order valence-corrected chi connectivity index (χ1v) is 5.35. The summed E-state index contributed by atoms with van der Waals surface area (Å²) in [6, 6.07) is 7.44. The van der Waals surface area contributed by atoms with Gasteiger partial charge in [0.05, 0.1) is 0 Å². The number of hydrogen-bond acceptors (Lipinski definition) is 3. The van der Waals surface area contributed by atoms with E-state index in [-0.39, 0.29) is 0 Å². The van der Waals surface area contributed by atoms with E-state index in [2.05, 4.69) is 0 Å². The third-order valence-corrected chi connectivity index (χ3v) is 2.67. The van der Waals surface area contributed by atoms with Gasteiger partial charge in [-0.25, -0.2) is 9.59 Å². The van der Waals surface area contributed by atoms with Crippen molar-refractivity contribution in [3.63, 3.8) is 0 Å². The maximum atomic E-state index is 11.7. The average molecular weight is 235 g/mol. The SMILES string of the molecule is Cc1cccc(N2CCC(C(=O)O)OC2=O)c1. The second kappa shape index (κ2) is 4.45. The van der Waals surface area contributed by atoms with Crippen LogP contribution in [-0.4, -0.2) is 29.8 Å². The van der Waals surface area contributed by atoms with E-state index in [0.29, 0.717) is 13.0 Å². The Balaban J connectivity index is 2.15. The predicted molar refractivity (Wildman–Crippen MR) is 61.0 cm³/mol. The van der Waals surface area contributed by atoms with Crippen molar-refractivity contribution < 1.29 is 19.4 Å². The minimum Gasteiger partial charge on any atom is -0.479 e. The van der Waals surface area contributed by atoms with Gasteiger partial charge in [0.25, 0.3) is 0 Å². The van der Waals surface area contributed by atoms with Crippen LogP contribution in [0.1, 0.15) is 12.0 Å². The molecule has 0 radical (unpaired) electrons. The van der Waals surface area contributed by atoms with Crippen molar-refractivity contribution in [3.05, 3.63) is 29.8 Å². The van der Waals surface area contributed by atoms with Gasteiger partial charge in [-0.15, -0.1) is 0 Å². The third-order valence-electron chi connectivity index (χ3n) is 2.67. The van der Waals surface area contributed by atoms with E-state index in [1.165, 1.54) is 4.90 Å². The van der Waals surface area contributed by atoms with Crippen molar-refractivity contribution in [2.75, 3.05) is 11.4 Å². The van der Waals surface area contributed by atoms with Crippen molar-refractivity contribution in [2.24, 2.45) is 0 Å². The first-order chi connectivity index (χ1) is 8.08. The van der Waals surface area contributed by atoms with Crippen LogP contribution >= 0.6 is 0 Å². The van der Waals surface area contributed by atoms with E-state index >= 15 is 0 Å². The zero-order valence-electron chi connectivity index (χ0n) is 9.42. The van der Waals surface area contributed by atoms with Crippen molar-refractivity contribution in [2.45, 2.75) is 19.4 Å². The number of carboxylic acid groups (broad SMARTS) is 1. The molecule has 1 aromatic rings. The van der Waals surface area contributed by atoms with Gasteiger partial charge in [0.15, 0.2) is 0 Å². The first kappa shape index (κ1) is 11.4. The normalized spacial score (nSPS) is 19.9. The molecule has 0 saturated carbocycles. The highest BCUT2D eigenvalue weighted by Gasteiger charge is 2.32. The Morgan fingerprint density at radius 3 is 2.88 bits per heavy atom. The monoisotopic (exact) mass is 235 g/mol. The zero-order chi connectivity index (χ0) is 12.4. The zero-order valence-corrected chi connectivity index (χ0v) is 9.42. The molecule has 2 rings (SSSR count). The van der Waals surface area contributed by atoms with Gasteiger partial charge in [-0.1, -0.05) is 12.1 Å². The lowest BCUT2D eigenvalue weighted by molar-refractivity contribution is -0.147. The first-order valence-electron chi connectivity index (χ1n) is 5.35. The van der Waals surface area contributed by atoms with Crippen LogP contribution in [0, 0.1) is 6.92 Å². The average Bonchev–Trinajstić information content (AvgIpc) is 2.28. The summed E-state index contributed by atoms with van der Waals surface area (Å²) in [5.41, 5.74) is 1.77. The number of rotatable bonds is 2. The largest absolute Gasteiger partial charge is 0.479 e. The van der Waals surface area contributed by atoms with E-state index in [4.69, 9.17) is 9.84 Å². The van der Waals surface area contributed by atoms with Crippen molar-refractivity contribution in [3.8, 4) is 0 Å². The lowest BCUT2D eigenvalue weighted by Gasteiger charge is -2.29. The topological polar surface area (TPSA) is 66.8 Å². The van der Waals surface area contributed by atoms with Crippen molar-refractivity contribution >= 4 is 17.7 Å². The number of benzene rings is 1. The Hall–Kier alpha value is -2.04. The molecule has 1 N–H and O–H groups in total. The van der Waals surface area contributed by atoms with Crippen LogP contribution in [0.3, 0.4) is 0 Å². The maximum absolute atomic E-state index is 11.7. The molecule has 1 aliphatic rings. The van der Waals surface area contributed by atoms with Gasteiger partial charge in [-0.3, -0.25) is 4.90 Å². The molecule has 0 aromatic heterocycles. The summed E-state index contributed by atoms with van der Waals surface area (Å²) in [4.78, 5) is 23.8. The number of amides is 1. The Morgan fingerprint density at radius 1 is 1.53 bits per heavy atom. The standard InChI is InChI=1S/C12H13NO4/c1-8-3-2-4-9(7-8)13-6-5-10(11(14)15)17-12(13)16/h2-4,7,10H,5-6H2,1H3,(H,14,15). The van der Waals surface area contributed by atoms with Crippen molar-refractivity contribution in [1.82, 2.24) is 0 Å². The second-order valence-corrected chi connectivity index (χ2v) is 3.99. The number of anilines is 1. The third kappa shape index (κ3) is 2.38. The van der Waals surface area contributed by atoms with E-state index in [9.17, 15) is 9.59 Å². The number of aryl methyl sites for hydroxylation is 1. The highest BCUT2D eigenvalue weighted by atomic mass is 16.6. The molecule has 90 valence electrons. The van der Waals surface area contributed by atoms with Gasteiger partial charge < -0.3 is 9.84 Å². The maximum Gasteiger partial charge on any atom is 0.415 e. The molecular weight excluding hydrogens is 222 g/mol. The Kier molecular flexibility index (Phi) is 2.99. The number of nitrogens with zero attached hydrogens (tertiary/aromatic N) is 1. The molecule has 5 nitrogen and oxygen atoms in total. The molecule has 1 amide bonds. The van der Waals surface area contributed by atoms with E-state index in [1.54, 1.807) is 6.07 Å². The molecular formula is C12H13NO4. The smallest absolute Gasteiger partial charge is 0.415 e. The molecule has 0 bridgehead atoms. The molecule has 0 aliphatic carbocycles. The minimum absolute atomic E-state index is 0.301. The predicted octanol–water partition coefficient (Wildman–Crippen LogP) is 1.79. The summed E-state index contributed by atoms with van der Waals surface area (Å²) in [6.45, 7) is 2.29. The van der Waals surface area contributed by atoms with Gasteiger partial charge in [0.2, 0.25) is 6.10 Å². The molecule has 1 aliphatic heterocycles. The number of aliphatic carboxylic acids is 1. The second-order valence-electron chi connectivity index (χ2n) is 3.99. The number of carboxylic acids is 1. The molecule has 1 unspecified atom stereocenters. The summed E-state index contributed by atoms with van der Waals surface area (Å²) in [6.07, 6.45) is -1.33. The molecule has 1 atom stereocenters. The van der Waals surface area contributed by atoms with Crippen molar-refractivity contribution in [1.29, 1.82) is 0 Å². The number of carbonyl (C=O) groups excluding carboxylic acids is 1. The van der Waals surface area contributed by atoms with E-state index < -0.39 is 18.2 Å². The van der Waals surface area contributed by atoms with Gasteiger partial charge in [-0.05, 0) is 24.6 Å². The summed E-state index contributed by atoms with van der Waals surface area (Å²) in [5, 5.41) is 8.76. The lowest BCUT2D eigenvalue weighted by Crippen LogP contribution is -2.44. The summed E-state index contributed by atoms with van der Waals surface area (Å²) in [7, 11) is 0. The van der Waals surface area contributed by atoms with Crippen LogP contribution in [0.15, 0.2) is 24.3 Å². The quantitative estimate of drug-likeness (QED) is 0.848. The lowest BCUT2D eigenvalue weighted by atomic mass is 10.1. The van der Waals surface area contributed by atoms with Crippen LogP contribution in [0.5, 0.6) is 0 Å². The molecule has 1 saturated heterocycles. The Morgan fingerprint density at radius 2 is 2.29 bits per heavy atom. The minimum atomic E-state index is -1.10.